The Hall–Kier alpha value is -4.88. The number of aromatic nitrogens is 4. The van der Waals surface area contributed by atoms with E-state index >= 15 is 0 Å². The summed E-state index contributed by atoms with van der Waals surface area (Å²) in [6.45, 7) is 0.300. The molecular weight excluding hydrogens is 490 g/mol. The number of pyridine rings is 1. The van der Waals surface area contributed by atoms with Crippen LogP contribution in [0.3, 0.4) is 0 Å². The van der Waals surface area contributed by atoms with Crippen LogP contribution in [-0.4, -0.2) is 33.8 Å². The van der Waals surface area contributed by atoms with E-state index in [0.717, 1.165) is 22.2 Å². The normalized spacial score (nSPS) is 11.1. The van der Waals surface area contributed by atoms with Crippen molar-refractivity contribution in [2.24, 2.45) is 0 Å². The molecule has 4 heterocycles. The van der Waals surface area contributed by atoms with Gasteiger partial charge in [0.25, 0.3) is 5.19 Å². The number of nitriles is 1. The molecular formula is C27H19N5O4S. The lowest BCUT2D eigenvalue weighted by Gasteiger charge is -2.10. The predicted molar refractivity (Wildman–Crippen MR) is 138 cm³/mol. The minimum Gasteiger partial charge on any atom is -0.497 e. The Balaban J connectivity index is 1.29. The molecule has 0 fully saturated rings. The van der Waals surface area contributed by atoms with Crippen molar-refractivity contribution in [1.82, 2.24) is 19.6 Å². The highest BCUT2D eigenvalue weighted by molar-refractivity contribution is 7.18. The summed E-state index contributed by atoms with van der Waals surface area (Å²) in [5.41, 5.74) is 4.43. The number of imidazole rings is 1. The average molecular weight is 510 g/mol. The number of fused-ring (bicyclic) bond motifs is 2. The second-order valence-electron chi connectivity index (χ2n) is 8.09. The summed E-state index contributed by atoms with van der Waals surface area (Å²) in [7, 11) is 3.20. The van der Waals surface area contributed by atoms with Crippen LogP contribution in [0.2, 0.25) is 0 Å². The Kier molecular flexibility index (Phi) is 5.67. The van der Waals surface area contributed by atoms with Gasteiger partial charge in [0, 0.05) is 28.8 Å². The molecule has 0 unspecified atom stereocenters. The van der Waals surface area contributed by atoms with Crippen LogP contribution in [0.15, 0.2) is 71.4 Å². The van der Waals surface area contributed by atoms with Crippen molar-refractivity contribution in [3.05, 3.63) is 78.1 Å². The van der Waals surface area contributed by atoms with E-state index in [9.17, 15) is 0 Å². The maximum Gasteiger partial charge on any atom is 0.294 e. The SMILES string of the molecule is COc1cc(COc2cccc(-c3ccc(C#N)cn3)c2)c2cc(-c3cn4nc(OC)sc4n3)oc2c1. The molecule has 6 aromatic rings. The second-order valence-corrected chi connectivity index (χ2v) is 9.01. The predicted octanol–water partition coefficient (Wildman–Crippen LogP) is 5.73. The first-order chi connectivity index (χ1) is 18.1. The van der Waals surface area contributed by atoms with Gasteiger partial charge < -0.3 is 18.6 Å². The van der Waals surface area contributed by atoms with Crippen molar-refractivity contribution < 1.29 is 18.6 Å². The molecule has 0 atom stereocenters. The summed E-state index contributed by atoms with van der Waals surface area (Å²) < 4.78 is 24.7. The van der Waals surface area contributed by atoms with Gasteiger partial charge in [-0.05, 0) is 47.7 Å². The van der Waals surface area contributed by atoms with E-state index in [1.165, 1.54) is 11.3 Å². The summed E-state index contributed by atoms with van der Waals surface area (Å²) in [5, 5.41) is 14.8. The van der Waals surface area contributed by atoms with Gasteiger partial charge in [-0.2, -0.15) is 5.26 Å². The van der Waals surface area contributed by atoms with Crippen LogP contribution >= 0.6 is 11.3 Å². The Labute approximate surface area is 215 Å². The zero-order valence-corrected chi connectivity index (χ0v) is 20.7. The van der Waals surface area contributed by atoms with Gasteiger partial charge in [0.2, 0.25) is 4.96 Å². The number of benzene rings is 2. The molecule has 0 aliphatic carbocycles. The molecule has 0 radical (unpaired) electrons. The van der Waals surface area contributed by atoms with Crippen LogP contribution < -0.4 is 14.2 Å². The zero-order valence-electron chi connectivity index (χ0n) is 19.8. The fraction of sp³-hybridized carbons (Fsp3) is 0.111. The third-order valence-corrected chi connectivity index (χ3v) is 6.68. The van der Waals surface area contributed by atoms with Crippen LogP contribution in [0.25, 0.3) is 38.6 Å². The van der Waals surface area contributed by atoms with Crippen LogP contribution in [-0.2, 0) is 6.61 Å². The van der Waals surface area contributed by atoms with Gasteiger partial charge in [0.1, 0.15) is 35.5 Å². The van der Waals surface area contributed by atoms with Gasteiger partial charge in [-0.15, -0.1) is 5.10 Å². The molecule has 4 aromatic heterocycles. The monoisotopic (exact) mass is 509 g/mol. The van der Waals surface area contributed by atoms with Gasteiger partial charge in [-0.25, -0.2) is 9.50 Å². The Morgan fingerprint density at radius 1 is 1.03 bits per heavy atom. The molecule has 0 saturated carbocycles. The van der Waals surface area contributed by atoms with E-state index in [1.54, 1.807) is 31.0 Å². The molecule has 9 nitrogen and oxygen atoms in total. The molecule has 0 N–H and O–H groups in total. The fourth-order valence-electron chi connectivity index (χ4n) is 3.97. The first kappa shape index (κ1) is 22.6. The van der Waals surface area contributed by atoms with Gasteiger partial charge in [0.15, 0.2) is 5.76 Å². The standard InChI is InChI=1S/C27H19N5O4S/c1-33-20-9-18(15-35-19-5-3-4-17(8-19)22-7-6-16(12-28)13-29-22)21-11-25(36-24(21)10-20)23-14-32-26(30-23)37-27(31-32)34-2/h3-11,13-14H,15H2,1-2H3. The topological polar surface area (TPSA) is 108 Å². The van der Waals surface area contributed by atoms with E-state index in [4.69, 9.17) is 23.9 Å². The summed E-state index contributed by atoms with van der Waals surface area (Å²) in [4.78, 5) is 9.70. The van der Waals surface area contributed by atoms with Crippen molar-refractivity contribution in [2.45, 2.75) is 6.61 Å². The lowest BCUT2D eigenvalue weighted by molar-refractivity contribution is 0.307. The highest BCUT2D eigenvalue weighted by Crippen LogP contribution is 2.34. The Morgan fingerprint density at radius 3 is 2.70 bits per heavy atom. The van der Waals surface area contributed by atoms with Gasteiger partial charge >= 0.3 is 0 Å². The van der Waals surface area contributed by atoms with E-state index in [-0.39, 0.29) is 0 Å². The van der Waals surface area contributed by atoms with E-state index in [0.29, 0.717) is 50.9 Å². The highest BCUT2D eigenvalue weighted by atomic mass is 32.1. The molecule has 0 bridgehead atoms. The first-order valence-electron chi connectivity index (χ1n) is 11.2. The Bertz CT molecular complexity index is 1750. The highest BCUT2D eigenvalue weighted by Gasteiger charge is 2.17. The minimum absolute atomic E-state index is 0.300. The van der Waals surface area contributed by atoms with Crippen LogP contribution in [0.5, 0.6) is 16.7 Å². The number of ether oxygens (including phenoxy) is 3. The number of rotatable bonds is 7. The average Bonchev–Trinajstić information content (AvgIpc) is 3.65. The molecule has 6 rings (SSSR count). The fourth-order valence-corrected chi connectivity index (χ4v) is 4.67. The summed E-state index contributed by atoms with van der Waals surface area (Å²) in [6.07, 6.45) is 3.37. The van der Waals surface area contributed by atoms with Gasteiger partial charge in [0.05, 0.1) is 31.7 Å². The lowest BCUT2D eigenvalue weighted by atomic mass is 10.1. The number of nitrogens with zero attached hydrogens (tertiary/aromatic N) is 5. The van der Waals surface area contributed by atoms with E-state index in [2.05, 4.69) is 21.1 Å². The van der Waals surface area contributed by atoms with Crippen molar-refractivity contribution in [2.75, 3.05) is 14.2 Å². The number of methoxy groups -OCH3 is 2. The van der Waals surface area contributed by atoms with Crippen LogP contribution in [0.4, 0.5) is 0 Å². The van der Waals surface area contributed by atoms with E-state index < -0.39 is 0 Å². The van der Waals surface area contributed by atoms with Crippen molar-refractivity contribution in [3.8, 4) is 45.5 Å². The molecule has 0 spiro atoms. The summed E-state index contributed by atoms with van der Waals surface area (Å²) >= 11 is 1.35. The third-order valence-electron chi connectivity index (χ3n) is 5.80. The smallest absolute Gasteiger partial charge is 0.294 e. The molecule has 0 amide bonds. The Morgan fingerprint density at radius 2 is 1.95 bits per heavy atom. The van der Waals surface area contributed by atoms with Crippen LogP contribution in [0.1, 0.15) is 11.1 Å². The molecule has 182 valence electrons. The number of hydrogen-bond donors (Lipinski definition) is 0. The van der Waals surface area contributed by atoms with Crippen LogP contribution in [0, 0.1) is 11.3 Å². The number of furan rings is 1. The van der Waals surface area contributed by atoms with Gasteiger partial charge in [-0.3, -0.25) is 4.98 Å². The maximum atomic E-state index is 9.01. The number of hydrogen-bond acceptors (Lipinski definition) is 9. The van der Waals surface area contributed by atoms with Crippen molar-refractivity contribution >= 4 is 27.3 Å². The maximum absolute atomic E-state index is 9.01. The lowest BCUT2D eigenvalue weighted by Crippen LogP contribution is -1.97. The molecule has 0 aliphatic rings. The summed E-state index contributed by atoms with van der Waals surface area (Å²) in [5.74, 6) is 1.98. The molecule has 37 heavy (non-hydrogen) atoms. The zero-order chi connectivity index (χ0) is 25.4. The molecule has 0 saturated heterocycles. The van der Waals surface area contributed by atoms with Crippen molar-refractivity contribution in [3.63, 3.8) is 0 Å². The first-order valence-corrected chi connectivity index (χ1v) is 12.1. The molecule has 10 heteroatoms. The third kappa shape index (κ3) is 4.32. The largest absolute Gasteiger partial charge is 0.497 e. The van der Waals surface area contributed by atoms with E-state index in [1.807, 2.05) is 54.7 Å². The van der Waals surface area contributed by atoms with Crippen molar-refractivity contribution in [1.29, 1.82) is 5.26 Å². The summed E-state index contributed by atoms with van der Waals surface area (Å²) in [6, 6.07) is 19.1. The second kappa shape index (κ2) is 9.29. The quantitative estimate of drug-likeness (QED) is 0.268. The molecule has 2 aromatic carbocycles. The molecule has 0 aliphatic heterocycles. The van der Waals surface area contributed by atoms with Gasteiger partial charge in [-0.1, -0.05) is 12.1 Å². The minimum atomic E-state index is 0.300.